The average Bonchev–Trinajstić information content (AvgIpc) is 2.46. The summed E-state index contributed by atoms with van der Waals surface area (Å²) in [4.78, 5) is 16.1. The summed E-state index contributed by atoms with van der Waals surface area (Å²) < 4.78 is 10.6. The van der Waals surface area contributed by atoms with Gasteiger partial charge in [0.25, 0.3) is 0 Å². The first-order valence-electron chi connectivity index (χ1n) is 6.66. The molecule has 0 atom stereocenters. The van der Waals surface area contributed by atoms with Gasteiger partial charge in [-0.05, 0) is 19.4 Å². The lowest BCUT2D eigenvalue weighted by Gasteiger charge is -2.11. The number of anilines is 1. The topological polar surface area (TPSA) is 74.4 Å². The molecule has 5 nitrogen and oxygen atoms in total. The lowest BCUT2D eigenvalue weighted by molar-refractivity contribution is 0.0527. The third-order valence-corrected chi connectivity index (χ3v) is 2.86. The van der Waals surface area contributed by atoms with Gasteiger partial charge in [-0.25, -0.2) is 4.79 Å². The minimum Gasteiger partial charge on any atom is -0.491 e. The largest absolute Gasteiger partial charge is 0.491 e. The molecule has 1 aromatic carbocycles. The number of para-hydroxylation sites is 1. The fourth-order valence-corrected chi connectivity index (χ4v) is 1.92. The van der Waals surface area contributed by atoms with Gasteiger partial charge in [-0.3, -0.25) is 4.98 Å². The standard InChI is InChI=1S/C15H18N2O3/c1-3-8-20-12-7-5-6-10-13(16)11(9-17-14(10)12)15(18)19-4-2/h5-7,9H,3-4,8H2,1-2H3,(H2,16,17). The van der Waals surface area contributed by atoms with E-state index in [1.165, 1.54) is 6.20 Å². The maximum absolute atomic E-state index is 11.8. The van der Waals surface area contributed by atoms with Crippen molar-refractivity contribution in [1.82, 2.24) is 4.98 Å². The van der Waals surface area contributed by atoms with Crippen molar-refractivity contribution in [3.63, 3.8) is 0 Å². The van der Waals surface area contributed by atoms with Crippen LogP contribution in [0, 0.1) is 0 Å². The van der Waals surface area contributed by atoms with Crippen LogP contribution in [0.15, 0.2) is 24.4 Å². The molecule has 106 valence electrons. The van der Waals surface area contributed by atoms with E-state index in [0.29, 0.717) is 35.6 Å². The molecular formula is C15H18N2O3. The summed E-state index contributed by atoms with van der Waals surface area (Å²) in [5, 5.41) is 0.698. The van der Waals surface area contributed by atoms with Crippen molar-refractivity contribution >= 4 is 22.6 Å². The van der Waals surface area contributed by atoms with Gasteiger partial charge in [0.1, 0.15) is 16.8 Å². The molecule has 1 aromatic heterocycles. The summed E-state index contributed by atoms with van der Waals surface area (Å²) in [6, 6.07) is 5.49. The van der Waals surface area contributed by atoms with Gasteiger partial charge in [0.05, 0.1) is 18.9 Å². The summed E-state index contributed by atoms with van der Waals surface area (Å²) in [6.07, 6.45) is 2.35. The van der Waals surface area contributed by atoms with Gasteiger partial charge in [0.2, 0.25) is 0 Å². The van der Waals surface area contributed by atoms with E-state index in [1.807, 2.05) is 25.1 Å². The lowest BCUT2D eigenvalue weighted by atomic mass is 10.1. The monoisotopic (exact) mass is 274 g/mol. The SMILES string of the molecule is CCCOc1cccc2c(N)c(C(=O)OCC)cnc12. The van der Waals surface area contributed by atoms with Crippen LogP contribution >= 0.6 is 0 Å². The molecule has 5 heteroatoms. The van der Waals surface area contributed by atoms with Crippen LogP contribution in [0.25, 0.3) is 10.9 Å². The summed E-state index contributed by atoms with van der Waals surface area (Å²) in [7, 11) is 0. The summed E-state index contributed by atoms with van der Waals surface area (Å²) in [5.41, 5.74) is 7.37. The van der Waals surface area contributed by atoms with Gasteiger partial charge in [0, 0.05) is 11.6 Å². The number of rotatable bonds is 5. The Labute approximate surface area is 117 Å². The molecule has 0 aliphatic heterocycles. The first kappa shape index (κ1) is 14.1. The molecule has 0 unspecified atom stereocenters. The van der Waals surface area contributed by atoms with Crippen LogP contribution in [0.3, 0.4) is 0 Å². The molecule has 0 radical (unpaired) electrons. The second kappa shape index (κ2) is 6.23. The van der Waals surface area contributed by atoms with Crippen molar-refractivity contribution in [2.75, 3.05) is 18.9 Å². The van der Waals surface area contributed by atoms with Gasteiger partial charge >= 0.3 is 5.97 Å². The van der Waals surface area contributed by atoms with Crippen molar-refractivity contribution in [2.24, 2.45) is 0 Å². The van der Waals surface area contributed by atoms with Crippen LogP contribution in [0.4, 0.5) is 5.69 Å². The number of ether oxygens (including phenoxy) is 2. The van der Waals surface area contributed by atoms with Crippen molar-refractivity contribution < 1.29 is 14.3 Å². The van der Waals surface area contributed by atoms with Crippen molar-refractivity contribution in [2.45, 2.75) is 20.3 Å². The van der Waals surface area contributed by atoms with Crippen LogP contribution in [-0.2, 0) is 4.74 Å². The van der Waals surface area contributed by atoms with E-state index < -0.39 is 5.97 Å². The summed E-state index contributed by atoms with van der Waals surface area (Å²) >= 11 is 0. The summed E-state index contributed by atoms with van der Waals surface area (Å²) in [6.45, 7) is 4.70. The minimum atomic E-state index is -0.459. The molecule has 0 saturated heterocycles. The predicted molar refractivity (Wildman–Crippen MR) is 77.9 cm³/mol. The van der Waals surface area contributed by atoms with Crippen LogP contribution < -0.4 is 10.5 Å². The zero-order valence-corrected chi connectivity index (χ0v) is 11.7. The van der Waals surface area contributed by atoms with E-state index in [4.69, 9.17) is 15.2 Å². The minimum absolute atomic E-state index is 0.284. The van der Waals surface area contributed by atoms with Gasteiger partial charge in [-0.1, -0.05) is 19.1 Å². The van der Waals surface area contributed by atoms with E-state index in [2.05, 4.69) is 4.98 Å². The summed E-state index contributed by atoms with van der Waals surface area (Å²) in [5.74, 6) is 0.214. The highest BCUT2D eigenvalue weighted by molar-refractivity contribution is 6.05. The zero-order chi connectivity index (χ0) is 14.5. The van der Waals surface area contributed by atoms with Crippen LogP contribution in [-0.4, -0.2) is 24.2 Å². The maximum atomic E-state index is 11.8. The third kappa shape index (κ3) is 2.66. The fourth-order valence-electron chi connectivity index (χ4n) is 1.92. The highest BCUT2D eigenvalue weighted by Gasteiger charge is 2.15. The second-order valence-corrected chi connectivity index (χ2v) is 4.31. The van der Waals surface area contributed by atoms with Crippen LogP contribution in [0.1, 0.15) is 30.6 Å². The van der Waals surface area contributed by atoms with Crippen LogP contribution in [0.5, 0.6) is 5.75 Å². The fraction of sp³-hybridized carbons (Fsp3) is 0.333. The Hall–Kier alpha value is -2.30. The first-order chi connectivity index (χ1) is 9.69. The number of nitrogens with zero attached hydrogens (tertiary/aromatic N) is 1. The molecule has 0 aliphatic rings. The normalized spacial score (nSPS) is 10.5. The van der Waals surface area contributed by atoms with Gasteiger partial charge in [-0.2, -0.15) is 0 Å². The maximum Gasteiger partial charge on any atom is 0.341 e. The lowest BCUT2D eigenvalue weighted by Crippen LogP contribution is -2.09. The Morgan fingerprint density at radius 3 is 2.85 bits per heavy atom. The Balaban J connectivity index is 2.49. The number of fused-ring (bicyclic) bond motifs is 1. The number of esters is 1. The molecule has 2 N–H and O–H groups in total. The number of hydrogen-bond acceptors (Lipinski definition) is 5. The second-order valence-electron chi connectivity index (χ2n) is 4.31. The van der Waals surface area contributed by atoms with E-state index in [0.717, 1.165) is 6.42 Å². The van der Waals surface area contributed by atoms with Gasteiger partial charge in [-0.15, -0.1) is 0 Å². The highest BCUT2D eigenvalue weighted by Crippen LogP contribution is 2.30. The number of nitrogens with two attached hydrogens (primary N) is 1. The number of benzene rings is 1. The molecular weight excluding hydrogens is 256 g/mol. The number of aromatic nitrogens is 1. The van der Waals surface area contributed by atoms with Gasteiger partial charge in [0.15, 0.2) is 0 Å². The third-order valence-electron chi connectivity index (χ3n) is 2.86. The molecule has 0 amide bonds. The predicted octanol–water partition coefficient (Wildman–Crippen LogP) is 2.78. The van der Waals surface area contributed by atoms with Gasteiger partial charge < -0.3 is 15.2 Å². The smallest absolute Gasteiger partial charge is 0.341 e. The number of nitrogen functional groups attached to an aromatic ring is 1. The zero-order valence-electron chi connectivity index (χ0n) is 11.7. The Morgan fingerprint density at radius 1 is 1.35 bits per heavy atom. The number of pyridine rings is 1. The Bertz CT molecular complexity index is 626. The van der Waals surface area contributed by atoms with Crippen LogP contribution in [0.2, 0.25) is 0 Å². The van der Waals surface area contributed by atoms with E-state index in [-0.39, 0.29) is 5.56 Å². The molecule has 0 spiro atoms. The quantitative estimate of drug-likeness (QED) is 0.848. The molecule has 2 aromatic rings. The Morgan fingerprint density at radius 2 is 2.15 bits per heavy atom. The number of carbonyl (C=O) groups is 1. The average molecular weight is 274 g/mol. The van der Waals surface area contributed by atoms with E-state index in [9.17, 15) is 4.79 Å². The first-order valence-corrected chi connectivity index (χ1v) is 6.66. The van der Waals surface area contributed by atoms with Crippen molar-refractivity contribution in [3.05, 3.63) is 30.0 Å². The highest BCUT2D eigenvalue weighted by atomic mass is 16.5. The molecule has 1 heterocycles. The van der Waals surface area contributed by atoms with Crippen molar-refractivity contribution in [1.29, 1.82) is 0 Å². The van der Waals surface area contributed by atoms with E-state index >= 15 is 0 Å². The van der Waals surface area contributed by atoms with E-state index in [1.54, 1.807) is 6.92 Å². The number of carbonyl (C=O) groups excluding carboxylic acids is 1. The number of hydrogen-bond donors (Lipinski definition) is 1. The molecule has 0 aliphatic carbocycles. The molecule has 20 heavy (non-hydrogen) atoms. The molecule has 0 bridgehead atoms. The van der Waals surface area contributed by atoms with Crippen molar-refractivity contribution in [3.8, 4) is 5.75 Å². The molecule has 0 fully saturated rings. The molecule has 2 rings (SSSR count). The molecule has 0 saturated carbocycles. The Kier molecular flexibility index (Phi) is 4.40.